The first-order valence-corrected chi connectivity index (χ1v) is 6.97. The number of H-pyrrole nitrogens is 1. The van der Waals surface area contributed by atoms with Crippen molar-refractivity contribution in [2.24, 2.45) is 0 Å². The quantitative estimate of drug-likeness (QED) is 0.771. The minimum atomic E-state index is -0.253. The molecule has 0 atom stereocenters. The van der Waals surface area contributed by atoms with Crippen molar-refractivity contribution in [1.29, 1.82) is 0 Å². The summed E-state index contributed by atoms with van der Waals surface area (Å²) in [6.45, 7) is 2.08. The van der Waals surface area contributed by atoms with E-state index in [9.17, 15) is 4.79 Å². The van der Waals surface area contributed by atoms with Gasteiger partial charge in [0.2, 0.25) is 0 Å². The highest BCUT2D eigenvalue weighted by atomic mass is 16.2. The fourth-order valence-corrected chi connectivity index (χ4v) is 2.19. The molecule has 0 saturated heterocycles. The van der Waals surface area contributed by atoms with Crippen LogP contribution in [0.5, 0.6) is 0 Å². The number of benzene rings is 1. The molecule has 3 aromatic rings. The highest BCUT2D eigenvalue weighted by Gasteiger charge is 2.11. The minimum absolute atomic E-state index is 0.253. The number of carbonyl (C=O) groups is 1. The number of hydrogen-bond donors (Lipinski definition) is 2. The van der Waals surface area contributed by atoms with E-state index in [1.54, 1.807) is 12.1 Å². The van der Waals surface area contributed by atoms with Crippen LogP contribution in [0.25, 0.3) is 10.9 Å². The molecule has 0 bridgehead atoms. The van der Waals surface area contributed by atoms with E-state index >= 15 is 0 Å². The molecule has 0 spiro atoms. The smallest absolute Gasteiger partial charge is 0.277 e. The lowest BCUT2D eigenvalue weighted by Gasteiger charge is -2.03. The average Bonchev–Trinajstić information content (AvgIpc) is 2.96. The summed E-state index contributed by atoms with van der Waals surface area (Å²) in [5, 5.41) is 10.7. The molecule has 0 aliphatic heterocycles. The zero-order valence-electron chi connectivity index (χ0n) is 11.8. The van der Waals surface area contributed by atoms with Crippen molar-refractivity contribution in [1.82, 2.24) is 15.2 Å². The molecule has 1 amide bonds. The van der Waals surface area contributed by atoms with Crippen LogP contribution in [0.1, 0.15) is 29.5 Å². The number of carbonyl (C=O) groups excluding carboxylic acids is 1. The van der Waals surface area contributed by atoms with E-state index in [0.717, 1.165) is 29.4 Å². The van der Waals surface area contributed by atoms with Gasteiger partial charge < -0.3 is 5.32 Å². The van der Waals surface area contributed by atoms with Gasteiger partial charge >= 0.3 is 0 Å². The van der Waals surface area contributed by atoms with E-state index in [2.05, 4.69) is 27.4 Å². The molecule has 0 aliphatic rings. The number of amides is 1. The minimum Gasteiger partial charge on any atom is -0.305 e. The van der Waals surface area contributed by atoms with Crippen molar-refractivity contribution >= 4 is 22.6 Å². The van der Waals surface area contributed by atoms with E-state index in [1.165, 1.54) is 0 Å². The zero-order chi connectivity index (χ0) is 14.7. The lowest BCUT2D eigenvalue weighted by Crippen LogP contribution is -2.13. The molecule has 0 unspecified atom stereocenters. The summed E-state index contributed by atoms with van der Waals surface area (Å²) < 4.78 is 0. The van der Waals surface area contributed by atoms with Crippen LogP contribution in [0.2, 0.25) is 0 Å². The van der Waals surface area contributed by atoms with Gasteiger partial charge in [-0.2, -0.15) is 5.10 Å². The average molecular weight is 280 g/mol. The highest BCUT2D eigenvalue weighted by molar-refractivity contribution is 6.02. The number of rotatable bonds is 4. The molecular weight excluding hydrogens is 264 g/mol. The molecule has 2 aromatic heterocycles. The summed E-state index contributed by atoms with van der Waals surface area (Å²) in [7, 11) is 0. The third-order valence-electron chi connectivity index (χ3n) is 3.22. The van der Waals surface area contributed by atoms with Gasteiger partial charge in [-0.1, -0.05) is 31.5 Å². The van der Waals surface area contributed by atoms with Gasteiger partial charge in [0.05, 0.1) is 5.52 Å². The molecule has 21 heavy (non-hydrogen) atoms. The highest BCUT2D eigenvalue weighted by Crippen LogP contribution is 2.15. The standard InChI is InChI=1S/C16H16N4O/c1-2-5-12-10-14(20-19-12)16(21)18-15-9-8-11-6-3-4-7-13(11)17-15/h3-4,6-10H,2,5H2,1H3,(H,19,20)(H,17,18,21). The van der Waals surface area contributed by atoms with Crippen LogP contribution < -0.4 is 5.32 Å². The van der Waals surface area contributed by atoms with Crippen LogP contribution in [0.15, 0.2) is 42.5 Å². The van der Waals surface area contributed by atoms with Crippen molar-refractivity contribution in [2.75, 3.05) is 5.32 Å². The first-order valence-electron chi connectivity index (χ1n) is 6.97. The van der Waals surface area contributed by atoms with E-state index in [4.69, 9.17) is 0 Å². The number of nitrogens with one attached hydrogen (secondary N) is 2. The van der Waals surface area contributed by atoms with Gasteiger partial charge in [0.1, 0.15) is 5.82 Å². The maximum atomic E-state index is 12.1. The van der Waals surface area contributed by atoms with Crippen LogP contribution in [0.4, 0.5) is 5.82 Å². The summed E-state index contributed by atoms with van der Waals surface area (Å²) in [4.78, 5) is 16.5. The second-order valence-electron chi connectivity index (χ2n) is 4.87. The topological polar surface area (TPSA) is 70.7 Å². The normalized spacial score (nSPS) is 10.7. The molecule has 1 aromatic carbocycles. The van der Waals surface area contributed by atoms with Crippen LogP contribution >= 0.6 is 0 Å². The monoisotopic (exact) mass is 280 g/mol. The number of hydrogen-bond acceptors (Lipinski definition) is 3. The lowest BCUT2D eigenvalue weighted by molar-refractivity contribution is 0.102. The third kappa shape index (κ3) is 2.91. The first-order chi connectivity index (χ1) is 10.3. The fourth-order valence-electron chi connectivity index (χ4n) is 2.19. The zero-order valence-corrected chi connectivity index (χ0v) is 11.8. The third-order valence-corrected chi connectivity index (χ3v) is 3.22. The maximum absolute atomic E-state index is 12.1. The molecule has 3 rings (SSSR count). The van der Waals surface area contributed by atoms with Gasteiger partial charge in [0, 0.05) is 11.1 Å². The van der Waals surface area contributed by atoms with Crippen molar-refractivity contribution in [3.05, 3.63) is 53.9 Å². The Morgan fingerprint density at radius 1 is 1.24 bits per heavy atom. The number of para-hydroxylation sites is 1. The Morgan fingerprint density at radius 2 is 2.10 bits per heavy atom. The Kier molecular flexibility index (Phi) is 3.64. The summed E-state index contributed by atoms with van der Waals surface area (Å²) in [6.07, 6.45) is 1.89. The summed E-state index contributed by atoms with van der Waals surface area (Å²) in [5.41, 5.74) is 2.20. The first kappa shape index (κ1) is 13.3. The van der Waals surface area contributed by atoms with Crippen LogP contribution in [0, 0.1) is 0 Å². The number of aromatic nitrogens is 3. The summed E-state index contributed by atoms with van der Waals surface area (Å²) in [6, 6.07) is 13.3. The molecule has 2 heterocycles. The number of anilines is 1. The van der Waals surface area contributed by atoms with Gasteiger partial charge in [0.25, 0.3) is 5.91 Å². The Labute approximate surface area is 122 Å². The second kappa shape index (κ2) is 5.75. The maximum Gasteiger partial charge on any atom is 0.277 e. The molecule has 0 radical (unpaired) electrons. The van der Waals surface area contributed by atoms with Gasteiger partial charge in [0.15, 0.2) is 5.69 Å². The number of aryl methyl sites for hydroxylation is 1. The van der Waals surface area contributed by atoms with Gasteiger partial charge in [-0.15, -0.1) is 0 Å². The molecular formula is C16H16N4O. The largest absolute Gasteiger partial charge is 0.305 e. The van der Waals surface area contributed by atoms with Gasteiger partial charge in [-0.3, -0.25) is 9.89 Å². The molecule has 0 saturated carbocycles. The number of aromatic amines is 1. The Bertz CT molecular complexity index is 779. The molecule has 0 aliphatic carbocycles. The predicted molar refractivity (Wildman–Crippen MR) is 82.3 cm³/mol. The van der Waals surface area contributed by atoms with Crippen LogP contribution in [-0.2, 0) is 6.42 Å². The molecule has 5 heteroatoms. The number of nitrogens with zero attached hydrogens (tertiary/aromatic N) is 2. The Morgan fingerprint density at radius 3 is 2.95 bits per heavy atom. The second-order valence-corrected chi connectivity index (χ2v) is 4.87. The van der Waals surface area contributed by atoms with Crippen molar-refractivity contribution < 1.29 is 4.79 Å². The Balaban J connectivity index is 1.78. The number of pyridine rings is 1. The summed E-state index contributed by atoms with van der Waals surface area (Å²) in [5.74, 6) is 0.273. The van der Waals surface area contributed by atoms with Gasteiger partial charge in [-0.25, -0.2) is 4.98 Å². The molecule has 106 valence electrons. The van der Waals surface area contributed by atoms with E-state index in [-0.39, 0.29) is 5.91 Å². The fraction of sp³-hybridized carbons (Fsp3) is 0.188. The lowest BCUT2D eigenvalue weighted by atomic mass is 10.2. The van der Waals surface area contributed by atoms with E-state index in [1.807, 2.05) is 30.3 Å². The summed E-state index contributed by atoms with van der Waals surface area (Å²) >= 11 is 0. The molecule has 2 N–H and O–H groups in total. The molecule has 5 nitrogen and oxygen atoms in total. The van der Waals surface area contributed by atoms with Crippen LogP contribution in [-0.4, -0.2) is 21.1 Å². The number of fused-ring (bicyclic) bond motifs is 1. The van der Waals surface area contributed by atoms with Crippen molar-refractivity contribution in [2.45, 2.75) is 19.8 Å². The Hall–Kier alpha value is -2.69. The molecule has 0 fully saturated rings. The van der Waals surface area contributed by atoms with Crippen molar-refractivity contribution in [3.8, 4) is 0 Å². The predicted octanol–water partition coefficient (Wildman–Crippen LogP) is 3.16. The van der Waals surface area contributed by atoms with Crippen LogP contribution in [0.3, 0.4) is 0 Å². The van der Waals surface area contributed by atoms with E-state index in [0.29, 0.717) is 11.5 Å². The SMILES string of the molecule is CCCc1cc(C(=O)Nc2ccc3ccccc3n2)n[nH]1. The van der Waals surface area contributed by atoms with Crippen molar-refractivity contribution in [3.63, 3.8) is 0 Å². The van der Waals surface area contributed by atoms with Gasteiger partial charge in [-0.05, 0) is 30.7 Å². The van der Waals surface area contributed by atoms with E-state index < -0.39 is 0 Å².